The minimum Gasteiger partial charge on any atom is -0.396 e. The van der Waals surface area contributed by atoms with Gasteiger partial charge in [0.2, 0.25) is 0 Å². The van der Waals surface area contributed by atoms with Gasteiger partial charge in [-0.05, 0) is 52.7 Å². The third-order valence-electron chi connectivity index (χ3n) is 2.75. The molecule has 0 fully saturated rings. The molecule has 1 heterocycles. The molecule has 2 aromatic rings. The molecule has 0 amide bonds. The molecule has 0 radical (unpaired) electrons. The third kappa shape index (κ3) is 3.98. The summed E-state index contributed by atoms with van der Waals surface area (Å²) in [4.78, 5) is 0.818. The monoisotopic (exact) mass is 409 g/mol. The van der Waals surface area contributed by atoms with E-state index in [2.05, 4.69) is 20.7 Å². The SMILES string of the molecule is Cc1cc(Br)c(NS(=O)(=O)c2ccc(CCO)s2)cc1Cl. The van der Waals surface area contributed by atoms with Gasteiger partial charge in [0.25, 0.3) is 10.0 Å². The molecule has 114 valence electrons. The summed E-state index contributed by atoms with van der Waals surface area (Å²) in [6, 6.07) is 6.56. The fourth-order valence-electron chi connectivity index (χ4n) is 1.67. The Labute approximate surface area is 140 Å². The van der Waals surface area contributed by atoms with Gasteiger partial charge in [0, 0.05) is 27.4 Å². The van der Waals surface area contributed by atoms with Crippen LogP contribution in [0.3, 0.4) is 0 Å². The average molecular weight is 411 g/mol. The largest absolute Gasteiger partial charge is 0.396 e. The molecule has 0 atom stereocenters. The van der Waals surface area contributed by atoms with Gasteiger partial charge in [0.1, 0.15) is 4.21 Å². The molecular weight excluding hydrogens is 398 g/mol. The first kappa shape index (κ1) is 16.8. The molecule has 0 aliphatic rings. The lowest BCUT2D eigenvalue weighted by Crippen LogP contribution is -2.12. The quantitative estimate of drug-likeness (QED) is 0.787. The molecule has 21 heavy (non-hydrogen) atoms. The lowest BCUT2D eigenvalue weighted by molar-refractivity contribution is 0.300. The Kier molecular flexibility index (Phi) is 5.32. The topological polar surface area (TPSA) is 66.4 Å². The van der Waals surface area contributed by atoms with E-state index in [0.29, 0.717) is 21.6 Å². The van der Waals surface area contributed by atoms with E-state index in [1.165, 1.54) is 6.07 Å². The van der Waals surface area contributed by atoms with Crippen molar-refractivity contribution in [3.8, 4) is 0 Å². The van der Waals surface area contributed by atoms with Crippen LogP contribution in [0.1, 0.15) is 10.4 Å². The Balaban J connectivity index is 2.30. The Morgan fingerprint density at radius 2 is 2.10 bits per heavy atom. The van der Waals surface area contributed by atoms with Gasteiger partial charge in [-0.15, -0.1) is 11.3 Å². The molecule has 0 saturated carbocycles. The summed E-state index contributed by atoms with van der Waals surface area (Å²) in [6.45, 7) is 1.83. The number of hydrogen-bond donors (Lipinski definition) is 2. The zero-order valence-electron chi connectivity index (χ0n) is 11.1. The van der Waals surface area contributed by atoms with Gasteiger partial charge in [0.15, 0.2) is 0 Å². The molecule has 2 rings (SSSR count). The maximum Gasteiger partial charge on any atom is 0.271 e. The fraction of sp³-hybridized carbons (Fsp3) is 0.231. The van der Waals surface area contributed by atoms with Crippen LogP contribution >= 0.6 is 38.9 Å². The van der Waals surface area contributed by atoms with Crippen molar-refractivity contribution < 1.29 is 13.5 Å². The van der Waals surface area contributed by atoms with Crippen LogP contribution in [0, 0.1) is 6.92 Å². The number of aliphatic hydroxyl groups is 1. The summed E-state index contributed by atoms with van der Waals surface area (Å²) >= 11 is 10.5. The van der Waals surface area contributed by atoms with Crippen molar-refractivity contribution in [2.45, 2.75) is 17.6 Å². The second-order valence-corrected chi connectivity index (χ2v) is 8.72. The van der Waals surface area contributed by atoms with Crippen molar-refractivity contribution in [2.24, 2.45) is 0 Å². The molecule has 0 aliphatic heterocycles. The van der Waals surface area contributed by atoms with Crippen LogP contribution in [0.4, 0.5) is 5.69 Å². The second-order valence-electron chi connectivity index (χ2n) is 4.38. The Bertz CT molecular complexity index is 759. The van der Waals surface area contributed by atoms with Gasteiger partial charge in [-0.3, -0.25) is 4.72 Å². The number of hydrogen-bond acceptors (Lipinski definition) is 4. The second kappa shape index (κ2) is 6.66. The summed E-state index contributed by atoms with van der Waals surface area (Å²) < 4.78 is 28.0. The molecule has 8 heteroatoms. The van der Waals surface area contributed by atoms with E-state index >= 15 is 0 Å². The van der Waals surface area contributed by atoms with Crippen LogP contribution in [0.25, 0.3) is 0 Å². The zero-order chi connectivity index (χ0) is 15.6. The predicted octanol–water partition coefficient (Wildman–Crippen LogP) is 3.81. The number of halogens is 2. The van der Waals surface area contributed by atoms with Gasteiger partial charge >= 0.3 is 0 Å². The zero-order valence-corrected chi connectivity index (χ0v) is 15.0. The van der Waals surface area contributed by atoms with Crippen molar-refractivity contribution >= 4 is 54.6 Å². The number of aliphatic hydroxyl groups excluding tert-OH is 1. The Hall–Kier alpha value is -0.600. The van der Waals surface area contributed by atoms with Crippen LogP contribution in [0.2, 0.25) is 5.02 Å². The van der Waals surface area contributed by atoms with Crippen molar-refractivity contribution in [2.75, 3.05) is 11.3 Å². The van der Waals surface area contributed by atoms with Crippen molar-refractivity contribution in [1.82, 2.24) is 0 Å². The van der Waals surface area contributed by atoms with E-state index in [1.54, 1.807) is 18.2 Å². The van der Waals surface area contributed by atoms with Crippen molar-refractivity contribution in [1.29, 1.82) is 0 Å². The Morgan fingerprint density at radius 1 is 1.38 bits per heavy atom. The third-order valence-corrected chi connectivity index (χ3v) is 6.82. The highest BCUT2D eigenvalue weighted by molar-refractivity contribution is 9.10. The van der Waals surface area contributed by atoms with Gasteiger partial charge in [-0.25, -0.2) is 8.42 Å². The maximum absolute atomic E-state index is 12.3. The van der Waals surface area contributed by atoms with E-state index in [9.17, 15) is 8.42 Å². The summed E-state index contributed by atoms with van der Waals surface area (Å²) in [6.07, 6.45) is 0.445. The van der Waals surface area contributed by atoms with E-state index in [-0.39, 0.29) is 10.8 Å². The normalized spacial score (nSPS) is 11.6. The highest BCUT2D eigenvalue weighted by Gasteiger charge is 2.18. The highest BCUT2D eigenvalue weighted by Crippen LogP contribution is 2.32. The van der Waals surface area contributed by atoms with Crippen LogP contribution in [-0.2, 0) is 16.4 Å². The van der Waals surface area contributed by atoms with Crippen LogP contribution in [-0.4, -0.2) is 20.1 Å². The van der Waals surface area contributed by atoms with Gasteiger partial charge < -0.3 is 5.11 Å². The average Bonchev–Trinajstić information content (AvgIpc) is 2.86. The van der Waals surface area contributed by atoms with Crippen molar-refractivity contribution in [3.63, 3.8) is 0 Å². The Morgan fingerprint density at radius 3 is 2.76 bits per heavy atom. The van der Waals surface area contributed by atoms with E-state index in [0.717, 1.165) is 21.8 Å². The van der Waals surface area contributed by atoms with E-state index in [1.807, 2.05) is 6.92 Å². The summed E-state index contributed by atoms with van der Waals surface area (Å²) in [5, 5.41) is 9.37. The van der Waals surface area contributed by atoms with Gasteiger partial charge in [-0.1, -0.05) is 11.6 Å². The molecule has 0 unspecified atom stereocenters. The molecule has 1 aromatic carbocycles. The minimum atomic E-state index is -3.66. The lowest BCUT2D eigenvalue weighted by atomic mass is 10.2. The number of anilines is 1. The predicted molar refractivity (Wildman–Crippen MR) is 89.8 cm³/mol. The first-order chi connectivity index (χ1) is 9.83. The first-order valence-corrected chi connectivity index (χ1v) is 9.48. The first-order valence-electron chi connectivity index (χ1n) is 6.01. The smallest absolute Gasteiger partial charge is 0.271 e. The van der Waals surface area contributed by atoms with Gasteiger partial charge in [-0.2, -0.15) is 0 Å². The summed E-state index contributed by atoms with van der Waals surface area (Å²) in [5.74, 6) is 0. The molecule has 0 spiro atoms. The van der Waals surface area contributed by atoms with Crippen molar-refractivity contribution in [3.05, 3.63) is 44.2 Å². The maximum atomic E-state index is 12.3. The number of aryl methyl sites for hydroxylation is 1. The number of thiophene rings is 1. The fourth-order valence-corrected chi connectivity index (χ4v) is 4.93. The molecule has 4 nitrogen and oxygen atoms in total. The minimum absolute atomic E-state index is 0.00739. The lowest BCUT2D eigenvalue weighted by Gasteiger charge is -2.10. The summed E-state index contributed by atoms with van der Waals surface area (Å²) in [5.41, 5.74) is 1.25. The molecule has 2 N–H and O–H groups in total. The number of sulfonamides is 1. The number of benzene rings is 1. The molecule has 0 bridgehead atoms. The number of nitrogens with one attached hydrogen (secondary N) is 1. The molecule has 0 aliphatic carbocycles. The number of rotatable bonds is 5. The van der Waals surface area contributed by atoms with Gasteiger partial charge in [0.05, 0.1) is 5.69 Å². The van der Waals surface area contributed by atoms with Crippen LogP contribution < -0.4 is 4.72 Å². The standard InChI is InChI=1S/C13H13BrClNO3S2/c1-8-6-10(14)12(7-11(8)15)16-21(18,19)13-3-2-9(20-13)4-5-17/h2-3,6-7,16-17H,4-5H2,1H3. The summed E-state index contributed by atoms with van der Waals surface area (Å²) in [7, 11) is -3.66. The van der Waals surface area contributed by atoms with Crippen LogP contribution in [0.15, 0.2) is 32.9 Å². The highest BCUT2D eigenvalue weighted by atomic mass is 79.9. The molecule has 0 saturated heterocycles. The molecule has 1 aromatic heterocycles. The van der Waals surface area contributed by atoms with E-state index in [4.69, 9.17) is 16.7 Å². The molecular formula is C13H13BrClNO3S2. The van der Waals surface area contributed by atoms with E-state index < -0.39 is 10.0 Å². The van der Waals surface area contributed by atoms with Crippen LogP contribution in [0.5, 0.6) is 0 Å².